The van der Waals surface area contributed by atoms with Crippen LogP contribution in [0.2, 0.25) is 0 Å². The van der Waals surface area contributed by atoms with Crippen molar-refractivity contribution in [2.45, 2.75) is 32.1 Å². The van der Waals surface area contributed by atoms with Crippen LogP contribution in [-0.2, 0) is 20.1 Å². The van der Waals surface area contributed by atoms with E-state index < -0.39 is 0 Å². The first-order valence-electron chi connectivity index (χ1n) is 16.7. The standard InChI is InChI=1S/C15H16N.2C15H10N.Ir/c3*1-2-7-13(8-3-1)15-14-9-5-4-6-12(14)10-11-16-15;/h4-5,9-12H,1-3,6-7H2;2*1-7,9-11H;/q3*-1;+3. The van der Waals surface area contributed by atoms with E-state index in [1.807, 2.05) is 104 Å². The molecule has 2 aromatic heterocycles. The number of rotatable bonds is 3. The summed E-state index contributed by atoms with van der Waals surface area (Å²) < 4.78 is 0. The smallest absolute Gasteiger partial charge is 0.351 e. The monoisotopic (exact) mass is 811 g/mol. The van der Waals surface area contributed by atoms with E-state index in [0.29, 0.717) is 5.92 Å². The number of nitrogens with zero attached hydrogens (tertiary/aromatic N) is 3. The number of pyridine rings is 2. The van der Waals surface area contributed by atoms with Gasteiger partial charge < -0.3 is 15.0 Å². The maximum atomic E-state index is 4.57. The Balaban J connectivity index is 0.000000126. The second kappa shape index (κ2) is 16.9. The quantitative estimate of drug-likeness (QED) is 0.167. The number of benzene rings is 4. The number of aromatic nitrogens is 2. The second-order valence-electron chi connectivity index (χ2n) is 11.9. The molecule has 0 radical (unpaired) electrons. The Hall–Kier alpha value is -5.02. The molecule has 0 saturated carbocycles. The Kier molecular flexibility index (Phi) is 11.7. The first-order valence-corrected chi connectivity index (χ1v) is 16.7. The summed E-state index contributed by atoms with van der Waals surface area (Å²) in [5.74, 6) is 0.550. The molecule has 0 spiro atoms. The molecular formula is C45H36IrN3. The first-order chi connectivity index (χ1) is 23.8. The van der Waals surface area contributed by atoms with E-state index in [9.17, 15) is 0 Å². The van der Waals surface area contributed by atoms with Crippen molar-refractivity contribution in [1.82, 2.24) is 9.97 Å². The molecule has 3 aliphatic rings. The Morgan fingerprint density at radius 2 is 1.27 bits per heavy atom. The zero-order valence-electron chi connectivity index (χ0n) is 27.2. The molecule has 4 heteroatoms. The van der Waals surface area contributed by atoms with Gasteiger partial charge in [-0.1, -0.05) is 103 Å². The van der Waals surface area contributed by atoms with Crippen molar-refractivity contribution in [3.8, 4) is 22.5 Å². The minimum Gasteiger partial charge on any atom is -0.351 e. The molecule has 4 aromatic carbocycles. The van der Waals surface area contributed by atoms with Crippen molar-refractivity contribution in [2.75, 3.05) is 0 Å². The topological polar surface area (TPSA) is 38.1 Å². The number of allylic oxidation sites excluding steroid dienone is 7. The molecule has 2 aliphatic carbocycles. The van der Waals surface area contributed by atoms with Crippen molar-refractivity contribution >= 4 is 27.3 Å². The fourth-order valence-corrected chi connectivity index (χ4v) is 6.34. The average molecular weight is 811 g/mol. The van der Waals surface area contributed by atoms with Crippen LogP contribution in [0, 0.1) is 24.1 Å². The van der Waals surface area contributed by atoms with Gasteiger partial charge in [0.25, 0.3) is 0 Å². The maximum Gasteiger partial charge on any atom is 3.00 e. The normalized spacial score (nSPS) is 16.0. The van der Waals surface area contributed by atoms with Crippen molar-refractivity contribution in [3.63, 3.8) is 0 Å². The van der Waals surface area contributed by atoms with Crippen LogP contribution in [0.5, 0.6) is 0 Å². The molecule has 0 amide bonds. The van der Waals surface area contributed by atoms with Gasteiger partial charge in [0.1, 0.15) is 0 Å². The fraction of sp³-hybridized carbons (Fsp3) is 0.133. The minimum absolute atomic E-state index is 0. The molecular weight excluding hydrogens is 775 g/mol. The van der Waals surface area contributed by atoms with Gasteiger partial charge >= 0.3 is 20.1 Å². The van der Waals surface area contributed by atoms with Gasteiger partial charge in [-0.05, 0) is 57.4 Å². The Bertz CT molecular complexity index is 2040. The third-order valence-electron chi connectivity index (χ3n) is 8.75. The summed E-state index contributed by atoms with van der Waals surface area (Å²) in [5, 5.41) is 4.77. The van der Waals surface area contributed by atoms with Gasteiger partial charge in [-0.2, -0.15) is 5.57 Å². The number of aliphatic imine (C=N–C) groups is 1. The predicted molar refractivity (Wildman–Crippen MR) is 199 cm³/mol. The average Bonchev–Trinajstić information content (AvgIpc) is 3.19. The zero-order valence-corrected chi connectivity index (χ0v) is 29.6. The van der Waals surface area contributed by atoms with Crippen molar-refractivity contribution in [1.29, 1.82) is 0 Å². The molecule has 49 heavy (non-hydrogen) atoms. The minimum atomic E-state index is 0. The Morgan fingerprint density at radius 1 is 0.653 bits per heavy atom. The van der Waals surface area contributed by atoms with Gasteiger partial charge in [0, 0.05) is 18.6 Å². The van der Waals surface area contributed by atoms with E-state index in [0.717, 1.165) is 41.8 Å². The van der Waals surface area contributed by atoms with Crippen LogP contribution >= 0.6 is 0 Å². The molecule has 1 atom stereocenters. The van der Waals surface area contributed by atoms with Gasteiger partial charge in [-0.25, -0.2) is 0 Å². The first kappa shape index (κ1) is 33.9. The molecule has 6 aromatic rings. The molecule has 3 nitrogen and oxygen atoms in total. The van der Waals surface area contributed by atoms with Crippen LogP contribution in [-0.4, -0.2) is 15.7 Å². The van der Waals surface area contributed by atoms with Crippen molar-refractivity contribution in [2.24, 2.45) is 10.9 Å². The molecule has 3 heterocycles. The fourth-order valence-electron chi connectivity index (χ4n) is 6.34. The molecule has 0 bridgehead atoms. The van der Waals surface area contributed by atoms with Crippen molar-refractivity contribution in [3.05, 3.63) is 181 Å². The summed E-state index contributed by atoms with van der Waals surface area (Å²) in [6.07, 6.45) is 24.0. The van der Waals surface area contributed by atoms with Gasteiger partial charge in [0.15, 0.2) is 0 Å². The molecule has 240 valence electrons. The van der Waals surface area contributed by atoms with E-state index in [2.05, 4.69) is 81.7 Å². The van der Waals surface area contributed by atoms with Crippen LogP contribution < -0.4 is 0 Å². The summed E-state index contributed by atoms with van der Waals surface area (Å²) in [7, 11) is 0. The van der Waals surface area contributed by atoms with Crippen LogP contribution in [0.1, 0.15) is 32.1 Å². The maximum absolute atomic E-state index is 4.57. The van der Waals surface area contributed by atoms with Gasteiger partial charge in [0.2, 0.25) is 0 Å². The van der Waals surface area contributed by atoms with E-state index >= 15 is 0 Å². The summed E-state index contributed by atoms with van der Waals surface area (Å²) in [6.45, 7) is 0. The molecule has 1 unspecified atom stereocenters. The van der Waals surface area contributed by atoms with E-state index in [1.54, 1.807) is 0 Å². The largest absolute Gasteiger partial charge is 3.00 e. The number of fused-ring (bicyclic) bond motifs is 3. The van der Waals surface area contributed by atoms with Crippen molar-refractivity contribution < 1.29 is 20.1 Å². The SMILES string of the molecule is [C-]1=C(C2=NC=CC3CC=CC=C23)CCCC1.[Ir+3].[c-]1ccccc1-c1nccc2ccccc12.[c-]1ccccc1-c1nccc2ccccc12. The summed E-state index contributed by atoms with van der Waals surface area (Å²) in [5.41, 5.74) is 8.03. The van der Waals surface area contributed by atoms with Gasteiger partial charge in [-0.15, -0.1) is 78.2 Å². The van der Waals surface area contributed by atoms with Crippen LogP contribution in [0.3, 0.4) is 0 Å². The second-order valence-corrected chi connectivity index (χ2v) is 11.9. The van der Waals surface area contributed by atoms with E-state index in [-0.39, 0.29) is 20.1 Å². The zero-order chi connectivity index (χ0) is 32.4. The van der Waals surface area contributed by atoms with Gasteiger partial charge in [-0.3, -0.25) is 6.08 Å². The predicted octanol–water partition coefficient (Wildman–Crippen LogP) is 11.2. The molecule has 1 aliphatic heterocycles. The number of hydrogen-bond donors (Lipinski definition) is 0. The molecule has 9 rings (SSSR count). The van der Waals surface area contributed by atoms with Crippen LogP contribution in [0.25, 0.3) is 44.1 Å². The van der Waals surface area contributed by atoms with Gasteiger partial charge in [0.05, 0.1) is 0 Å². The Labute approximate surface area is 302 Å². The molecule has 0 N–H and O–H groups in total. The van der Waals surface area contributed by atoms with E-state index in [1.165, 1.54) is 51.2 Å². The van der Waals surface area contributed by atoms with Crippen LogP contribution in [0.4, 0.5) is 0 Å². The summed E-state index contributed by atoms with van der Waals surface area (Å²) in [6, 6.07) is 42.9. The molecule has 0 fully saturated rings. The van der Waals surface area contributed by atoms with Crippen LogP contribution in [0.15, 0.2) is 168 Å². The van der Waals surface area contributed by atoms with E-state index in [4.69, 9.17) is 0 Å². The third kappa shape index (κ3) is 8.17. The summed E-state index contributed by atoms with van der Waals surface area (Å²) in [4.78, 5) is 13.5. The summed E-state index contributed by atoms with van der Waals surface area (Å²) >= 11 is 0. The Morgan fingerprint density at radius 3 is 1.84 bits per heavy atom. The molecule has 0 saturated heterocycles. The number of hydrogen-bond acceptors (Lipinski definition) is 3. The third-order valence-corrected chi connectivity index (χ3v) is 8.75.